The Labute approximate surface area is 146 Å². The Hall–Kier alpha value is -1.50. The second kappa shape index (κ2) is 7.17. The van der Waals surface area contributed by atoms with Crippen LogP contribution in [0.2, 0.25) is 0 Å². The molecule has 4 heterocycles. The van der Waals surface area contributed by atoms with E-state index in [9.17, 15) is 0 Å². The topological polar surface area (TPSA) is 47.5 Å². The molecule has 2 aromatic heterocycles. The maximum Gasteiger partial charge on any atom is 0.137 e. The van der Waals surface area contributed by atoms with Crippen LogP contribution >= 0.6 is 11.3 Å². The second-order valence-corrected chi connectivity index (χ2v) is 7.82. The van der Waals surface area contributed by atoms with Crippen LogP contribution < -0.4 is 4.74 Å². The van der Waals surface area contributed by atoms with Crippen molar-refractivity contribution >= 4 is 11.3 Å². The number of hydrogen-bond donors (Lipinski definition) is 0. The minimum atomic E-state index is 0.204. The summed E-state index contributed by atoms with van der Waals surface area (Å²) < 4.78 is 11.8. The van der Waals surface area contributed by atoms with Gasteiger partial charge in [0, 0.05) is 17.8 Å². The van der Waals surface area contributed by atoms with E-state index < -0.39 is 0 Å². The predicted molar refractivity (Wildman–Crippen MR) is 93.1 cm³/mol. The summed E-state index contributed by atoms with van der Waals surface area (Å²) in [6, 6.07) is 3.83. The van der Waals surface area contributed by atoms with Crippen LogP contribution in [0.4, 0.5) is 0 Å². The maximum atomic E-state index is 6.03. The van der Waals surface area contributed by atoms with Gasteiger partial charge in [0.15, 0.2) is 0 Å². The Bertz CT molecular complexity index is 627. The Kier molecular flexibility index (Phi) is 4.78. The van der Waals surface area contributed by atoms with Gasteiger partial charge in [-0.1, -0.05) is 0 Å². The number of pyridine rings is 1. The molecule has 2 fully saturated rings. The molecule has 1 atom stereocenters. The number of rotatable bonds is 5. The first-order valence-electron chi connectivity index (χ1n) is 8.57. The molecule has 0 aromatic carbocycles. The lowest BCUT2D eigenvalue weighted by molar-refractivity contribution is 0.0470. The van der Waals surface area contributed by atoms with Crippen LogP contribution in [0.25, 0.3) is 0 Å². The third kappa shape index (κ3) is 3.77. The molecule has 6 heteroatoms. The molecule has 0 aliphatic carbocycles. The van der Waals surface area contributed by atoms with E-state index in [0.717, 1.165) is 38.4 Å². The van der Waals surface area contributed by atoms with Crippen molar-refractivity contribution in [2.24, 2.45) is 5.41 Å². The minimum absolute atomic E-state index is 0.204. The van der Waals surface area contributed by atoms with E-state index in [2.05, 4.69) is 20.2 Å². The molecule has 1 unspecified atom stereocenters. The quantitative estimate of drug-likeness (QED) is 0.834. The number of piperidine rings is 1. The molecular formula is C18H23N3O2S. The van der Waals surface area contributed by atoms with E-state index in [0.29, 0.717) is 12.0 Å². The number of nitrogens with zero attached hydrogens (tertiary/aromatic N) is 3. The van der Waals surface area contributed by atoms with Gasteiger partial charge in [0.2, 0.25) is 0 Å². The summed E-state index contributed by atoms with van der Waals surface area (Å²) in [7, 11) is 0. The van der Waals surface area contributed by atoms with Crippen LogP contribution in [-0.2, 0) is 11.3 Å². The lowest BCUT2D eigenvalue weighted by atomic mass is 9.77. The molecule has 2 saturated heterocycles. The van der Waals surface area contributed by atoms with Gasteiger partial charge in [-0.05, 0) is 49.9 Å². The van der Waals surface area contributed by atoms with E-state index in [4.69, 9.17) is 9.47 Å². The fourth-order valence-corrected chi connectivity index (χ4v) is 4.34. The van der Waals surface area contributed by atoms with Gasteiger partial charge >= 0.3 is 0 Å². The molecule has 0 radical (unpaired) electrons. The molecule has 1 spiro atoms. The zero-order chi connectivity index (χ0) is 16.2. The molecule has 2 aliphatic heterocycles. The van der Waals surface area contributed by atoms with Crippen molar-refractivity contribution in [1.82, 2.24) is 14.9 Å². The van der Waals surface area contributed by atoms with Gasteiger partial charge in [0.05, 0.1) is 25.5 Å². The fraction of sp³-hybridized carbons (Fsp3) is 0.556. The fourth-order valence-electron chi connectivity index (χ4n) is 3.68. The summed E-state index contributed by atoms with van der Waals surface area (Å²) in [5, 5.41) is 3.27. The third-order valence-corrected chi connectivity index (χ3v) is 5.88. The smallest absolute Gasteiger partial charge is 0.137 e. The minimum Gasteiger partial charge on any atom is -0.489 e. The largest absolute Gasteiger partial charge is 0.489 e. The first-order valence-corrected chi connectivity index (χ1v) is 9.45. The lowest BCUT2D eigenvalue weighted by Crippen LogP contribution is -2.40. The van der Waals surface area contributed by atoms with E-state index >= 15 is 0 Å². The van der Waals surface area contributed by atoms with Crippen LogP contribution in [0.5, 0.6) is 5.75 Å². The highest BCUT2D eigenvalue weighted by Gasteiger charge is 2.42. The van der Waals surface area contributed by atoms with Crippen molar-refractivity contribution in [2.45, 2.75) is 31.9 Å². The number of thiazole rings is 1. The van der Waals surface area contributed by atoms with Crippen LogP contribution in [0.3, 0.4) is 0 Å². The van der Waals surface area contributed by atoms with Crippen LogP contribution in [0, 0.1) is 5.41 Å². The summed E-state index contributed by atoms with van der Waals surface area (Å²) in [6.45, 7) is 4.76. The van der Waals surface area contributed by atoms with E-state index in [1.807, 2.05) is 18.3 Å². The number of likely N-dealkylation sites (tertiary alicyclic amines) is 1. The molecule has 0 bridgehead atoms. The monoisotopic (exact) mass is 345 g/mol. The first-order chi connectivity index (χ1) is 11.8. The highest BCUT2D eigenvalue weighted by atomic mass is 32.1. The SMILES string of the molecule is c1cncc(OCC2CC3(CCN(Cc4nccs4)CC3)CO2)c1. The average molecular weight is 345 g/mol. The summed E-state index contributed by atoms with van der Waals surface area (Å²) in [6.07, 6.45) is 9.14. The Morgan fingerprint density at radius 1 is 1.33 bits per heavy atom. The summed E-state index contributed by atoms with van der Waals surface area (Å²) >= 11 is 1.75. The highest BCUT2D eigenvalue weighted by molar-refractivity contribution is 7.09. The molecule has 2 aromatic rings. The standard InChI is InChI=1S/C18H23N3O2S/c1-2-15(11-19-5-1)22-13-16-10-18(14-23-16)3-7-21(8-4-18)12-17-20-6-9-24-17/h1-2,5-6,9,11,16H,3-4,7-8,10,12-14H2. The normalized spacial score (nSPS) is 23.6. The summed E-state index contributed by atoms with van der Waals surface area (Å²) in [4.78, 5) is 11.0. The van der Waals surface area contributed by atoms with Crippen molar-refractivity contribution in [3.63, 3.8) is 0 Å². The number of aromatic nitrogens is 2. The van der Waals surface area contributed by atoms with Gasteiger partial charge < -0.3 is 9.47 Å². The van der Waals surface area contributed by atoms with Gasteiger partial charge in [0.25, 0.3) is 0 Å². The molecule has 0 amide bonds. The Balaban J connectivity index is 1.24. The summed E-state index contributed by atoms with van der Waals surface area (Å²) in [5.74, 6) is 0.820. The second-order valence-electron chi connectivity index (χ2n) is 6.84. The van der Waals surface area contributed by atoms with Crippen molar-refractivity contribution < 1.29 is 9.47 Å². The molecule has 128 valence electrons. The van der Waals surface area contributed by atoms with Crippen LogP contribution in [0.15, 0.2) is 36.1 Å². The van der Waals surface area contributed by atoms with Gasteiger partial charge in [-0.3, -0.25) is 9.88 Å². The summed E-state index contributed by atoms with van der Waals surface area (Å²) in [5.41, 5.74) is 0.350. The Morgan fingerprint density at radius 2 is 2.25 bits per heavy atom. The number of ether oxygens (including phenoxy) is 2. The van der Waals surface area contributed by atoms with Crippen LogP contribution in [0.1, 0.15) is 24.3 Å². The van der Waals surface area contributed by atoms with Crippen molar-refractivity contribution in [3.05, 3.63) is 41.1 Å². The zero-order valence-corrected chi connectivity index (χ0v) is 14.6. The predicted octanol–water partition coefficient (Wildman–Crippen LogP) is 2.99. The van der Waals surface area contributed by atoms with Crippen molar-refractivity contribution in [1.29, 1.82) is 0 Å². The molecule has 4 rings (SSSR count). The van der Waals surface area contributed by atoms with Crippen molar-refractivity contribution in [2.75, 3.05) is 26.3 Å². The molecule has 0 saturated carbocycles. The average Bonchev–Trinajstić information content (AvgIpc) is 3.27. The third-order valence-electron chi connectivity index (χ3n) is 5.12. The highest BCUT2D eigenvalue weighted by Crippen LogP contribution is 2.42. The van der Waals surface area contributed by atoms with E-state index in [-0.39, 0.29) is 6.10 Å². The van der Waals surface area contributed by atoms with Gasteiger partial charge in [-0.15, -0.1) is 11.3 Å². The molecule has 2 aliphatic rings. The molecule has 24 heavy (non-hydrogen) atoms. The van der Waals surface area contributed by atoms with Gasteiger partial charge in [-0.25, -0.2) is 4.98 Å². The van der Waals surface area contributed by atoms with Gasteiger partial charge in [-0.2, -0.15) is 0 Å². The Morgan fingerprint density at radius 3 is 3.00 bits per heavy atom. The van der Waals surface area contributed by atoms with E-state index in [1.54, 1.807) is 23.7 Å². The first kappa shape index (κ1) is 16.0. The molecule has 5 nitrogen and oxygen atoms in total. The molecular weight excluding hydrogens is 322 g/mol. The molecule has 0 N–H and O–H groups in total. The zero-order valence-electron chi connectivity index (χ0n) is 13.8. The van der Waals surface area contributed by atoms with Crippen molar-refractivity contribution in [3.8, 4) is 5.75 Å². The maximum absolute atomic E-state index is 6.03. The number of hydrogen-bond acceptors (Lipinski definition) is 6. The van der Waals surface area contributed by atoms with Crippen LogP contribution in [-0.4, -0.2) is 47.3 Å². The van der Waals surface area contributed by atoms with Gasteiger partial charge in [0.1, 0.15) is 17.4 Å². The van der Waals surface area contributed by atoms with E-state index in [1.165, 1.54) is 17.8 Å². The lowest BCUT2D eigenvalue weighted by Gasteiger charge is -2.38.